The molecule has 0 unspecified atom stereocenters. The van der Waals surface area contributed by atoms with E-state index in [0.717, 1.165) is 11.4 Å². The minimum Gasteiger partial charge on any atom is -0.491 e. The van der Waals surface area contributed by atoms with E-state index in [1.165, 1.54) is 12.4 Å². The summed E-state index contributed by atoms with van der Waals surface area (Å²) in [4.78, 5) is 20.4. The van der Waals surface area contributed by atoms with Crippen LogP contribution >= 0.6 is 0 Å². The van der Waals surface area contributed by atoms with Crippen LogP contribution in [0.15, 0.2) is 59.5 Å². The average Bonchev–Trinajstić information content (AvgIpc) is 3.15. The predicted molar refractivity (Wildman–Crippen MR) is 97.4 cm³/mol. The Bertz CT molecular complexity index is 828. The Hall–Kier alpha value is -3.35. The zero-order valence-electron chi connectivity index (χ0n) is 14.6. The van der Waals surface area contributed by atoms with Crippen LogP contribution in [0.3, 0.4) is 0 Å². The highest BCUT2D eigenvalue weighted by Gasteiger charge is 2.09. The maximum absolute atomic E-state index is 12.0. The zero-order valence-corrected chi connectivity index (χ0v) is 14.6. The third-order valence-electron chi connectivity index (χ3n) is 3.39. The molecule has 26 heavy (non-hydrogen) atoms. The number of furan rings is 1. The molecule has 3 aromatic rings. The summed E-state index contributed by atoms with van der Waals surface area (Å²) in [7, 11) is 0. The molecule has 0 fully saturated rings. The molecule has 0 aliphatic heterocycles. The van der Waals surface area contributed by atoms with E-state index < -0.39 is 0 Å². The van der Waals surface area contributed by atoms with Gasteiger partial charge in [-0.1, -0.05) is 0 Å². The van der Waals surface area contributed by atoms with Gasteiger partial charge in [0.25, 0.3) is 5.91 Å². The van der Waals surface area contributed by atoms with E-state index in [9.17, 15) is 4.79 Å². The lowest BCUT2D eigenvalue weighted by atomic mass is 10.3. The molecular formula is C19H20N4O3. The fraction of sp³-hybridized carbons (Fsp3) is 0.211. The van der Waals surface area contributed by atoms with Gasteiger partial charge in [0, 0.05) is 5.69 Å². The zero-order chi connectivity index (χ0) is 18.4. The molecule has 0 atom stereocenters. The number of nitrogens with one attached hydrogen (secondary N) is 2. The lowest BCUT2D eigenvalue weighted by Gasteiger charge is -2.11. The van der Waals surface area contributed by atoms with E-state index in [1.54, 1.807) is 18.4 Å². The van der Waals surface area contributed by atoms with Crippen LogP contribution in [-0.2, 0) is 6.54 Å². The van der Waals surface area contributed by atoms with E-state index in [4.69, 9.17) is 9.15 Å². The molecule has 0 aliphatic rings. The van der Waals surface area contributed by atoms with Gasteiger partial charge in [-0.2, -0.15) is 0 Å². The lowest BCUT2D eigenvalue weighted by molar-refractivity contribution is 0.0942. The van der Waals surface area contributed by atoms with Crippen LogP contribution in [0, 0.1) is 0 Å². The normalized spacial score (nSPS) is 10.6. The Kier molecular flexibility index (Phi) is 5.48. The van der Waals surface area contributed by atoms with Crippen LogP contribution in [0.25, 0.3) is 0 Å². The molecule has 134 valence electrons. The highest BCUT2D eigenvalue weighted by atomic mass is 16.5. The number of benzene rings is 1. The lowest BCUT2D eigenvalue weighted by Crippen LogP contribution is -2.23. The van der Waals surface area contributed by atoms with Crippen LogP contribution in [0.2, 0.25) is 0 Å². The number of nitrogens with zero attached hydrogens (tertiary/aromatic N) is 2. The number of carbonyl (C=O) groups is 1. The first-order chi connectivity index (χ1) is 12.6. The summed E-state index contributed by atoms with van der Waals surface area (Å²) in [6.07, 6.45) is 4.63. The SMILES string of the molecule is CC(C)Oc1ccc(Nc2cnc(C(=O)NCc3ccco3)cn2)cc1. The predicted octanol–water partition coefficient (Wildman–Crippen LogP) is 3.53. The van der Waals surface area contributed by atoms with Crippen molar-refractivity contribution in [2.45, 2.75) is 26.5 Å². The standard InChI is InChI=1S/C19H20N4O3/c1-13(2)26-15-7-5-14(6-8-15)23-18-12-20-17(11-21-18)19(24)22-10-16-4-3-9-25-16/h3-9,11-13H,10H2,1-2H3,(H,21,23)(H,22,24). The molecule has 1 aromatic carbocycles. The summed E-state index contributed by atoms with van der Waals surface area (Å²) in [5.74, 6) is 1.72. The molecule has 0 bridgehead atoms. The van der Waals surface area contributed by atoms with Gasteiger partial charge in [0.05, 0.1) is 31.3 Å². The van der Waals surface area contributed by atoms with E-state index in [1.807, 2.05) is 38.1 Å². The van der Waals surface area contributed by atoms with Crippen molar-refractivity contribution >= 4 is 17.4 Å². The van der Waals surface area contributed by atoms with Crippen LogP contribution in [0.4, 0.5) is 11.5 Å². The number of amides is 1. The van der Waals surface area contributed by atoms with E-state index in [-0.39, 0.29) is 17.7 Å². The quantitative estimate of drug-likeness (QED) is 0.676. The number of anilines is 2. The van der Waals surface area contributed by atoms with Crippen LogP contribution in [0.5, 0.6) is 5.75 Å². The number of carbonyl (C=O) groups excluding carboxylic acids is 1. The van der Waals surface area contributed by atoms with Gasteiger partial charge in [-0.3, -0.25) is 4.79 Å². The molecule has 0 radical (unpaired) electrons. The Labute approximate surface area is 151 Å². The third kappa shape index (κ3) is 4.83. The second-order valence-electron chi connectivity index (χ2n) is 5.86. The van der Waals surface area contributed by atoms with Gasteiger partial charge in [-0.05, 0) is 50.2 Å². The molecule has 7 heteroatoms. The molecule has 0 aliphatic carbocycles. The molecule has 2 N–H and O–H groups in total. The highest BCUT2D eigenvalue weighted by Crippen LogP contribution is 2.19. The monoisotopic (exact) mass is 352 g/mol. The highest BCUT2D eigenvalue weighted by molar-refractivity contribution is 5.91. The molecule has 3 rings (SSSR count). The Morgan fingerprint density at radius 3 is 2.58 bits per heavy atom. The fourth-order valence-corrected chi connectivity index (χ4v) is 2.22. The van der Waals surface area contributed by atoms with Gasteiger partial charge in [0.2, 0.25) is 0 Å². The third-order valence-corrected chi connectivity index (χ3v) is 3.39. The first kappa shape index (κ1) is 17.5. The summed E-state index contributed by atoms with van der Waals surface area (Å²) < 4.78 is 10.8. The summed E-state index contributed by atoms with van der Waals surface area (Å²) in [5, 5.41) is 5.85. The number of rotatable bonds is 7. The van der Waals surface area contributed by atoms with Crippen molar-refractivity contribution in [2.75, 3.05) is 5.32 Å². The van der Waals surface area contributed by atoms with Gasteiger partial charge in [0.15, 0.2) is 0 Å². The molecule has 0 spiro atoms. The Morgan fingerprint density at radius 2 is 1.96 bits per heavy atom. The van der Waals surface area contributed by atoms with Crippen molar-refractivity contribution in [1.82, 2.24) is 15.3 Å². The van der Waals surface area contributed by atoms with Gasteiger partial charge in [-0.25, -0.2) is 9.97 Å². The summed E-state index contributed by atoms with van der Waals surface area (Å²) in [6, 6.07) is 11.1. The summed E-state index contributed by atoms with van der Waals surface area (Å²) in [6.45, 7) is 4.26. The molecule has 1 amide bonds. The van der Waals surface area contributed by atoms with Gasteiger partial charge >= 0.3 is 0 Å². The first-order valence-electron chi connectivity index (χ1n) is 8.26. The maximum atomic E-state index is 12.0. The maximum Gasteiger partial charge on any atom is 0.271 e. The second kappa shape index (κ2) is 8.15. The molecule has 2 aromatic heterocycles. The number of aromatic nitrogens is 2. The van der Waals surface area contributed by atoms with Gasteiger partial charge in [-0.15, -0.1) is 0 Å². The summed E-state index contributed by atoms with van der Waals surface area (Å²) >= 11 is 0. The van der Waals surface area contributed by atoms with Crippen molar-refractivity contribution in [3.8, 4) is 5.75 Å². The topological polar surface area (TPSA) is 89.3 Å². The molecule has 0 saturated heterocycles. The Morgan fingerprint density at radius 1 is 1.15 bits per heavy atom. The van der Waals surface area contributed by atoms with Crippen molar-refractivity contribution in [1.29, 1.82) is 0 Å². The Balaban J connectivity index is 1.56. The first-order valence-corrected chi connectivity index (χ1v) is 8.26. The molecule has 7 nitrogen and oxygen atoms in total. The van der Waals surface area contributed by atoms with Crippen LogP contribution < -0.4 is 15.4 Å². The second-order valence-corrected chi connectivity index (χ2v) is 5.86. The van der Waals surface area contributed by atoms with Gasteiger partial charge in [0.1, 0.15) is 23.0 Å². The minimum atomic E-state index is -0.310. The number of ether oxygens (including phenoxy) is 1. The van der Waals surface area contributed by atoms with Crippen molar-refractivity contribution in [3.05, 3.63) is 66.5 Å². The largest absolute Gasteiger partial charge is 0.491 e. The minimum absolute atomic E-state index is 0.131. The average molecular weight is 352 g/mol. The smallest absolute Gasteiger partial charge is 0.271 e. The number of hydrogen-bond acceptors (Lipinski definition) is 6. The van der Waals surface area contributed by atoms with Crippen LogP contribution in [-0.4, -0.2) is 22.0 Å². The van der Waals surface area contributed by atoms with Crippen molar-refractivity contribution < 1.29 is 13.9 Å². The number of hydrogen-bond donors (Lipinski definition) is 2. The molecule has 2 heterocycles. The van der Waals surface area contributed by atoms with Crippen molar-refractivity contribution in [2.24, 2.45) is 0 Å². The molecule has 0 saturated carbocycles. The van der Waals surface area contributed by atoms with Crippen LogP contribution in [0.1, 0.15) is 30.1 Å². The van der Waals surface area contributed by atoms with E-state index in [0.29, 0.717) is 18.1 Å². The van der Waals surface area contributed by atoms with E-state index in [2.05, 4.69) is 20.6 Å². The summed E-state index contributed by atoms with van der Waals surface area (Å²) in [5.41, 5.74) is 1.09. The van der Waals surface area contributed by atoms with E-state index >= 15 is 0 Å². The van der Waals surface area contributed by atoms with Crippen molar-refractivity contribution in [3.63, 3.8) is 0 Å². The molecular weight excluding hydrogens is 332 g/mol. The van der Waals surface area contributed by atoms with Gasteiger partial charge < -0.3 is 19.8 Å². The fourth-order valence-electron chi connectivity index (χ4n) is 2.22.